The van der Waals surface area contributed by atoms with E-state index in [2.05, 4.69) is 32.4 Å². The minimum atomic E-state index is -0.102. The zero-order chi connectivity index (χ0) is 24.7. The maximum Gasteiger partial charge on any atom is 0.253 e. The van der Waals surface area contributed by atoms with Gasteiger partial charge in [-0.05, 0) is 31.9 Å². The zero-order valence-corrected chi connectivity index (χ0v) is 21.3. The lowest BCUT2D eigenvalue weighted by Crippen LogP contribution is -2.63. The lowest BCUT2D eigenvalue weighted by molar-refractivity contribution is 0.0273. The molecule has 3 aromatic heterocycles. The van der Waals surface area contributed by atoms with Crippen LogP contribution in [0.25, 0.3) is 22.4 Å². The quantitative estimate of drug-likeness (QED) is 0.427. The molecule has 1 amide bonds. The summed E-state index contributed by atoms with van der Waals surface area (Å²) in [6.07, 6.45) is 15.0. The highest BCUT2D eigenvalue weighted by molar-refractivity contribution is 6.37. The van der Waals surface area contributed by atoms with Crippen LogP contribution in [-0.4, -0.2) is 67.5 Å². The Morgan fingerprint density at radius 1 is 1.19 bits per heavy atom. The van der Waals surface area contributed by atoms with Crippen molar-refractivity contribution in [3.8, 4) is 5.82 Å². The molecule has 1 saturated heterocycles. The van der Waals surface area contributed by atoms with Crippen LogP contribution in [0, 0.1) is 0 Å². The van der Waals surface area contributed by atoms with Gasteiger partial charge in [-0.15, -0.1) is 0 Å². The molecular weight excluding hydrogens is 474 g/mol. The van der Waals surface area contributed by atoms with Crippen LogP contribution in [0.1, 0.15) is 49.4 Å². The van der Waals surface area contributed by atoms with Gasteiger partial charge in [0.1, 0.15) is 0 Å². The van der Waals surface area contributed by atoms with Crippen LogP contribution in [-0.2, 0) is 0 Å². The lowest BCUT2D eigenvalue weighted by atomic mass is 9.79. The summed E-state index contributed by atoms with van der Waals surface area (Å²) in [6, 6.07) is 6.16. The van der Waals surface area contributed by atoms with Gasteiger partial charge in [-0.25, -0.2) is 9.97 Å². The third-order valence-electron chi connectivity index (χ3n) is 7.95. The van der Waals surface area contributed by atoms with Crippen molar-refractivity contribution in [2.45, 2.75) is 50.6 Å². The Balaban J connectivity index is 1.35. The summed E-state index contributed by atoms with van der Waals surface area (Å²) >= 11 is 6.67. The highest BCUT2D eigenvalue weighted by atomic mass is 35.5. The minimum absolute atomic E-state index is 0.00936. The summed E-state index contributed by atoms with van der Waals surface area (Å²) in [5.41, 5.74) is 2.12. The van der Waals surface area contributed by atoms with Crippen molar-refractivity contribution in [1.82, 2.24) is 34.5 Å². The molecule has 0 unspecified atom stereocenters. The molecule has 0 bridgehead atoms. The number of nitrogens with zero attached hydrogens (tertiary/aromatic N) is 5. The van der Waals surface area contributed by atoms with Gasteiger partial charge in [0.05, 0.1) is 16.1 Å². The van der Waals surface area contributed by atoms with Crippen LogP contribution < -0.4 is 10.6 Å². The number of halogens is 1. The number of imidazole rings is 1. The predicted octanol–water partition coefficient (Wildman–Crippen LogP) is 4.05. The minimum Gasteiger partial charge on any atom is -0.350 e. The molecule has 4 aromatic rings. The van der Waals surface area contributed by atoms with Gasteiger partial charge in [0, 0.05) is 74.1 Å². The highest BCUT2D eigenvalue weighted by Crippen LogP contribution is 2.35. The predicted molar refractivity (Wildman–Crippen MR) is 142 cm³/mol. The summed E-state index contributed by atoms with van der Waals surface area (Å²) in [5, 5.41) is 8.17. The van der Waals surface area contributed by atoms with E-state index >= 15 is 0 Å². The fourth-order valence-corrected chi connectivity index (χ4v) is 6.39. The SMILES string of the molecule is C[C@@H]1CN(C2(CNC(=O)c3cn(-c4nccn5ccnc45)c4cccc(Cl)c34)CCCCC2)CCN1. The van der Waals surface area contributed by atoms with Crippen LogP contribution >= 0.6 is 11.6 Å². The summed E-state index contributed by atoms with van der Waals surface area (Å²) in [7, 11) is 0. The van der Waals surface area contributed by atoms with Gasteiger partial charge in [0.25, 0.3) is 5.91 Å². The molecule has 2 aliphatic rings. The van der Waals surface area contributed by atoms with Gasteiger partial charge >= 0.3 is 0 Å². The van der Waals surface area contributed by atoms with Gasteiger partial charge in [-0.2, -0.15) is 0 Å². The molecule has 1 aliphatic carbocycles. The maximum absolute atomic E-state index is 13.7. The highest BCUT2D eigenvalue weighted by Gasteiger charge is 2.40. The summed E-state index contributed by atoms with van der Waals surface area (Å²) in [5.74, 6) is 0.558. The van der Waals surface area contributed by atoms with E-state index in [0.717, 1.165) is 49.0 Å². The number of amides is 1. The standard InChI is InChI=1S/C27H32ClN7O/c1-19-16-34(15-12-29-19)27(8-3-2-4-9-27)18-32-26(36)20-17-35(22-7-5-6-21(28)23(20)22)25-24-30-10-13-33(24)14-11-31-25/h5-7,10-11,13-14,17,19,29H,2-4,8-9,12,15-16,18H2,1H3,(H,32,36)/t19-/m1/s1. The molecule has 1 aromatic carbocycles. The molecule has 188 valence electrons. The summed E-state index contributed by atoms with van der Waals surface area (Å²) in [4.78, 5) is 25.4. The van der Waals surface area contributed by atoms with E-state index in [9.17, 15) is 4.79 Å². The van der Waals surface area contributed by atoms with E-state index in [-0.39, 0.29) is 11.4 Å². The van der Waals surface area contributed by atoms with Gasteiger partial charge in [-0.1, -0.05) is 36.9 Å². The first-order valence-electron chi connectivity index (χ1n) is 12.9. The smallest absolute Gasteiger partial charge is 0.253 e. The van der Waals surface area contributed by atoms with Gasteiger partial charge < -0.3 is 15.0 Å². The second-order valence-corrected chi connectivity index (χ2v) is 10.6. The van der Waals surface area contributed by atoms with Gasteiger partial charge in [-0.3, -0.25) is 14.3 Å². The molecule has 8 nitrogen and oxygen atoms in total. The first-order valence-corrected chi connectivity index (χ1v) is 13.3. The first kappa shape index (κ1) is 23.5. The first-order chi connectivity index (χ1) is 17.6. The Morgan fingerprint density at radius 2 is 2.00 bits per heavy atom. The van der Waals surface area contributed by atoms with E-state index in [1.807, 2.05) is 45.8 Å². The van der Waals surface area contributed by atoms with Crippen LogP contribution in [0.4, 0.5) is 0 Å². The fourth-order valence-electron chi connectivity index (χ4n) is 6.12. The number of aromatic nitrogens is 4. The lowest BCUT2D eigenvalue weighted by Gasteiger charge is -2.49. The van der Waals surface area contributed by atoms with Crippen LogP contribution in [0.3, 0.4) is 0 Å². The third-order valence-corrected chi connectivity index (χ3v) is 8.26. The van der Waals surface area contributed by atoms with E-state index in [1.165, 1.54) is 19.3 Å². The largest absolute Gasteiger partial charge is 0.350 e. The normalized spacial score (nSPS) is 20.7. The molecule has 6 rings (SSSR count). The molecule has 1 saturated carbocycles. The molecule has 0 radical (unpaired) electrons. The molecule has 0 spiro atoms. The van der Waals surface area contributed by atoms with Gasteiger partial charge in [0.15, 0.2) is 11.5 Å². The van der Waals surface area contributed by atoms with Crippen molar-refractivity contribution in [2.24, 2.45) is 0 Å². The monoisotopic (exact) mass is 505 g/mol. The molecule has 1 aliphatic heterocycles. The zero-order valence-electron chi connectivity index (χ0n) is 20.6. The number of carbonyl (C=O) groups is 1. The second kappa shape index (κ2) is 9.50. The topological polar surface area (TPSA) is 79.5 Å². The van der Waals surface area contributed by atoms with Crippen molar-refractivity contribution in [3.05, 3.63) is 59.8 Å². The number of hydrogen-bond acceptors (Lipinski definition) is 5. The van der Waals surface area contributed by atoms with Crippen molar-refractivity contribution in [3.63, 3.8) is 0 Å². The maximum atomic E-state index is 13.7. The van der Waals surface area contributed by atoms with Crippen molar-refractivity contribution in [2.75, 3.05) is 26.2 Å². The van der Waals surface area contributed by atoms with E-state index in [0.29, 0.717) is 29.0 Å². The van der Waals surface area contributed by atoms with Crippen molar-refractivity contribution >= 4 is 34.1 Å². The average molecular weight is 506 g/mol. The number of hydrogen-bond donors (Lipinski definition) is 2. The Morgan fingerprint density at radius 3 is 2.81 bits per heavy atom. The van der Waals surface area contributed by atoms with Crippen LogP contribution in [0.5, 0.6) is 0 Å². The average Bonchev–Trinajstić information content (AvgIpc) is 3.54. The molecule has 36 heavy (non-hydrogen) atoms. The van der Waals surface area contributed by atoms with Crippen molar-refractivity contribution in [1.29, 1.82) is 0 Å². The Hall–Kier alpha value is -2.94. The molecule has 1 atom stereocenters. The Labute approximate surface area is 215 Å². The van der Waals surface area contributed by atoms with E-state index < -0.39 is 0 Å². The second-order valence-electron chi connectivity index (χ2n) is 10.2. The number of benzene rings is 1. The molecule has 4 heterocycles. The molecular formula is C27H32ClN7O. The van der Waals surface area contributed by atoms with E-state index in [1.54, 1.807) is 12.4 Å². The number of carbonyl (C=O) groups excluding carboxylic acids is 1. The Bertz CT molecular complexity index is 1400. The van der Waals surface area contributed by atoms with E-state index in [4.69, 9.17) is 11.6 Å². The van der Waals surface area contributed by atoms with Crippen molar-refractivity contribution < 1.29 is 4.79 Å². The molecule has 2 fully saturated rings. The number of nitrogens with one attached hydrogen (secondary N) is 2. The third kappa shape index (κ3) is 4.07. The van der Waals surface area contributed by atoms with Crippen LogP contribution in [0.15, 0.2) is 49.2 Å². The van der Waals surface area contributed by atoms with Crippen LogP contribution in [0.2, 0.25) is 5.02 Å². The van der Waals surface area contributed by atoms with Gasteiger partial charge in [0.2, 0.25) is 0 Å². The summed E-state index contributed by atoms with van der Waals surface area (Å²) in [6.45, 7) is 5.91. The molecule has 2 N–H and O–H groups in total. The number of rotatable bonds is 5. The number of piperazine rings is 1. The number of fused-ring (bicyclic) bond motifs is 2. The summed E-state index contributed by atoms with van der Waals surface area (Å²) < 4.78 is 3.84. The Kier molecular flexibility index (Phi) is 6.19. The molecule has 9 heteroatoms. The fraction of sp³-hybridized carbons (Fsp3) is 0.444.